The van der Waals surface area contributed by atoms with Gasteiger partial charge >= 0.3 is 0 Å². The van der Waals surface area contributed by atoms with Gasteiger partial charge in [0.25, 0.3) is 5.91 Å². The van der Waals surface area contributed by atoms with Crippen molar-refractivity contribution in [3.05, 3.63) is 34.5 Å². The van der Waals surface area contributed by atoms with Crippen molar-refractivity contribution >= 4 is 5.91 Å². The van der Waals surface area contributed by atoms with E-state index in [2.05, 4.69) is 15.6 Å². The fourth-order valence-corrected chi connectivity index (χ4v) is 2.84. The average molecular weight is 302 g/mol. The first kappa shape index (κ1) is 13.5. The highest BCUT2D eigenvalue weighted by atomic mass is 16.5. The lowest BCUT2D eigenvalue weighted by Gasteiger charge is -2.13. The first-order valence-corrected chi connectivity index (χ1v) is 7.58. The quantitative estimate of drug-likeness (QED) is 0.920. The fraction of sp³-hybridized carbons (Fsp3) is 0.533. The van der Waals surface area contributed by atoms with E-state index in [1.165, 1.54) is 5.69 Å². The Bertz CT molecular complexity index is 714. The van der Waals surface area contributed by atoms with Crippen molar-refractivity contribution in [1.82, 2.24) is 20.3 Å². The van der Waals surface area contributed by atoms with Crippen molar-refractivity contribution in [2.75, 3.05) is 6.61 Å². The van der Waals surface area contributed by atoms with E-state index < -0.39 is 0 Å². The van der Waals surface area contributed by atoms with E-state index >= 15 is 0 Å². The predicted octanol–water partition coefficient (Wildman–Crippen LogP) is 1.29. The van der Waals surface area contributed by atoms with E-state index in [1.807, 2.05) is 11.7 Å². The lowest BCUT2D eigenvalue weighted by molar-refractivity contribution is 0.0938. The number of rotatable bonds is 4. The molecule has 1 fully saturated rings. The number of carbonyl (C=O) groups is 1. The molecule has 0 radical (unpaired) electrons. The zero-order chi connectivity index (χ0) is 15.1. The molecule has 1 aliphatic heterocycles. The van der Waals surface area contributed by atoms with Gasteiger partial charge in [-0.2, -0.15) is 5.10 Å². The average Bonchev–Trinajstić information content (AvgIpc) is 3.18. The van der Waals surface area contributed by atoms with Gasteiger partial charge in [-0.3, -0.25) is 9.48 Å². The van der Waals surface area contributed by atoms with Gasteiger partial charge in [-0.25, -0.2) is 0 Å². The lowest BCUT2D eigenvalue weighted by Crippen LogP contribution is -2.24. The molecule has 22 heavy (non-hydrogen) atoms. The Morgan fingerprint density at radius 2 is 2.36 bits per heavy atom. The van der Waals surface area contributed by atoms with Gasteiger partial charge in [0.2, 0.25) is 0 Å². The van der Waals surface area contributed by atoms with Crippen LogP contribution in [0.1, 0.15) is 52.0 Å². The molecular weight excluding hydrogens is 284 g/mol. The number of hydrogen-bond acceptors (Lipinski definition) is 5. The molecule has 1 N–H and O–H groups in total. The van der Waals surface area contributed by atoms with Crippen molar-refractivity contribution in [3.8, 4) is 0 Å². The van der Waals surface area contributed by atoms with Crippen molar-refractivity contribution in [2.24, 2.45) is 7.05 Å². The minimum absolute atomic E-state index is 0.230. The molecule has 0 unspecified atom stereocenters. The summed E-state index contributed by atoms with van der Waals surface area (Å²) in [5.74, 6) is 1.04. The Hall–Kier alpha value is -2.15. The first-order chi connectivity index (χ1) is 10.7. The maximum Gasteiger partial charge on any atom is 0.273 e. The molecule has 4 rings (SSSR count). The summed E-state index contributed by atoms with van der Waals surface area (Å²) in [6.45, 7) is 1.66. The molecule has 1 aliphatic carbocycles. The van der Waals surface area contributed by atoms with Gasteiger partial charge in [0.05, 0.1) is 25.5 Å². The highest BCUT2D eigenvalue weighted by Crippen LogP contribution is 2.40. The highest BCUT2D eigenvalue weighted by molar-refractivity contribution is 5.92. The number of ether oxygens (including phenoxy) is 1. The van der Waals surface area contributed by atoms with E-state index in [0.717, 1.165) is 42.9 Å². The van der Waals surface area contributed by atoms with E-state index in [0.29, 0.717) is 24.8 Å². The summed E-state index contributed by atoms with van der Waals surface area (Å²) in [5, 5.41) is 11.2. The summed E-state index contributed by atoms with van der Waals surface area (Å²) in [5.41, 5.74) is 3.47. The van der Waals surface area contributed by atoms with E-state index in [4.69, 9.17) is 9.26 Å². The number of nitrogens with one attached hydrogen (secondary N) is 1. The van der Waals surface area contributed by atoms with Crippen molar-refractivity contribution in [1.29, 1.82) is 0 Å². The second-order valence-electron chi connectivity index (χ2n) is 5.87. The highest BCUT2D eigenvalue weighted by Gasteiger charge is 2.29. The van der Waals surface area contributed by atoms with E-state index in [9.17, 15) is 4.79 Å². The Morgan fingerprint density at radius 3 is 3.18 bits per heavy atom. The Labute approximate surface area is 127 Å². The largest absolute Gasteiger partial charge is 0.376 e. The Kier molecular flexibility index (Phi) is 3.22. The molecule has 7 heteroatoms. The molecule has 2 aliphatic rings. The van der Waals surface area contributed by atoms with Crippen LogP contribution in [0.25, 0.3) is 0 Å². The van der Waals surface area contributed by atoms with Crippen LogP contribution in [0.15, 0.2) is 10.6 Å². The molecule has 3 heterocycles. The first-order valence-electron chi connectivity index (χ1n) is 7.58. The molecule has 0 spiro atoms. The summed E-state index contributed by atoms with van der Waals surface area (Å²) in [6.07, 6.45) is 3.10. The monoisotopic (exact) mass is 302 g/mol. The fourth-order valence-electron chi connectivity index (χ4n) is 2.84. The minimum atomic E-state index is -0.230. The summed E-state index contributed by atoms with van der Waals surface area (Å²) < 4.78 is 12.6. The SMILES string of the molecule is Cn1nc(CNC(=O)c2cc(C3CC3)on2)c2c1CCOC2. The molecule has 1 amide bonds. The van der Waals surface area contributed by atoms with Crippen LogP contribution >= 0.6 is 0 Å². The molecule has 1 saturated carbocycles. The number of amides is 1. The van der Waals surface area contributed by atoms with Gasteiger partial charge in [0.15, 0.2) is 5.69 Å². The molecule has 7 nitrogen and oxygen atoms in total. The van der Waals surface area contributed by atoms with Crippen LogP contribution in [0, 0.1) is 0 Å². The minimum Gasteiger partial charge on any atom is -0.376 e. The van der Waals surface area contributed by atoms with Gasteiger partial charge in [0.1, 0.15) is 5.76 Å². The van der Waals surface area contributed by atoms with Gasteiger partial charge in [-0.05, 0) is 12.8 Å². The third-order valence-corrected chi connectivity index (χ3v) is 4.24. The maximum atomic E-state index is 12.1. The number of carbonyl (C=O) groups excluding carboxylic acids is 1. The zero-order valence-electron chi connectivity index (χ0n) is 12.5. The standard InChI is InChI=1S/C15H18N4O3/c1-19-13-4-5-21-8-10(13)12(17-19)7-16-15(20)11-6-14(22-18-11)9-2-3-9/h6,9H,2-5,7-8H2,1H3,(H,16,20). The molecule has 0 aromatic carbocycles. The number of hydrogen-bond donors (Lipinski definition) is 1. The third-order valence-electron chi connectivity index (χ3n) is 4.24. The Morgan fingerprint density at radius 1 is 1.50 bits per heavy atom. The zero-order valence-corrected chi connectivity index (χ0v) is 12.5. The lowest BCUT2D eigenvalue weighted by atomic mass is 10.1. The van der Waals surface area contributed by atoms with Crippen molar-refractivity contribution in [3.63, 3.8) is 0 Å². The van der Waals surface area contributed by atoms with Gasteiger partial charge in [-0.1, -0.05) is 5.16 Å². The molecular formula is C15H18N4O3. The molecule has 0 bridgehead atoms. The number of aryl methyl sites for hydroxylation is 1. The van der Waals surface area contributed by atoms with Crippen LogP contribution in [0.2, 0.25) is 0 Å². The van der Waals surface area contributed by atoms with E-state index in [1.54, 1.807) is 6.07 Å². The van der Waals surface area contributed by atoms with Crippen LogP contribution in [0.5, 0.6) is 0 Å². The van der Waals surface area contributed by atoms with Gasteiger partial charge < -0.3 is 14.6 Å². The smallest absolute Gasteiger partial charge is 0.273 e. The summed E-state index contributed by atoms with van der Waals surface area (Å²) in [4.78, 5) is 12.1. The second-order valence-corrected chi connectivity index (χ2v) is 5.87. The van der Waals surface area contributed by atoms with Crippen molar-refractivity contribution < 1.29 is 14.1 Å². The third kappa shape index (κ3) is 2.41. The Balaban J connectivity index is 1.44. The second kappa shape index (κ2) is 5.24. The number of fused-ring (bicyclic) bond motifs is 1. The summed E-state index contributed by atoms with van der Waals surface area (Å²) in [6, 6.07) is 1.74. The van der Waals surface area contributed by atoms with Crippen LogP contribution in [-0.2, 0) is 31.4 Å². The topological polar surface area (TPSA) is 82.2 Å². The summed E-state index contributed by atoms with van der Waals surface area (Å²) >= 11 is 0. The predicted molar refractivity (Wildman–Crippen MR) is 76.2 cm³/mol. The van der Waals surface area contributed by atoms with Crippen LogP contribution in [0.3, 0.4) is 0 Å². The van der Waals surface area contributed by atoms with Crippen molar-refractivity contribution in [2.45, 2.75) is 38.3 Å². The molecule has 2 aromatic heterocycles. The number of nitrogens with zero attached hydrogens (tertiary/aromatic N) is 3. The van der Waals surface area contributed by atoms with Crippen LogP contribution in [0.4, 0.5) is 0 Å². The van der Waals surface area contributed by atoms with Gasteiger partial charge in [0, 0.05) is 36.7 Å². The maximum absolute atomic E-state index is 12.1. The van der Waals surface area contributed by atoms with Crippen LogP contribution < -0.4 is 5.32 Å². The molecule has 2 aromatic rings. The van der Waals surface area contributed by atoms with Gasteiger partial charge in [-0.15, -0.1) is 0 Å². The van der Waals surface area contributed by atoms with Crippen LogP contribution in [-0.4, -0.2) is 27.5 Å². The number of aromatic nitrogens is 3. The normalized spacial score (nSPS) is 17.3. The molecule has 0 saturated heterocycles. The van der Waals surface area contributed by atoms with E-state index in [-0.39, 0.29) is 5.91 Å². The summed E-state index contributed by atoms with van der Waals surface area (Å²) in [7, 11) is 1.93. The molecule has 116 valence electrons. The molecule has 0 atom stereocenters.